The lowest BCUT2D eigenvalue weighted by molar-refractivity contribution is -0.119. The van der Waals surface area contributed by atoms with Crippen LogP contribution in [0.2, 0.25) is 0 Å². The van der Waals surface area contributed by atoms with Gasteiger partial charge >= 0.3 is 0 Å². The largest absolute Gasteiger partial charge is 0.493 e. The first-order valence-electron chi connectivity index (χ1n) is 8.39. The van der Waals surface area contributed by atoms with E-state index in [9.17, 15) is 4.79 Å². The summed E-state index contributed by atoms with van der Waals surface area (Å²) >= 11 is 0. The van der Waals surface area contributed by atoms with Gasteiger partial charge in [-0.15, -0.1) is 0 Å². The third-order valence-corrected chi connectivity index (χ3v) is 4.05. The molecule has 0 heterocycles. The molecule has 0 saturated heterocycles. The third kappa shape index (κ3) is 6.10. The van der Waals surface area contributed by atoms with E-state index in [-0.39, 0.29) is 11.8 Å². The zero-order valence-electron chi connectivity index (χ0n) is 15.0. The summed E-state index contributed by atoms with van der Waals surface area (Å²) in [5.74, 6) is 1.34. The van der Waals surface area contributed by atoms with Gasteiger partial charge in [0.1, 0.15) is 6.61 Å². The highest BCUT2D eigenvalue weighted by atomic mass is 16.5. The second-order valence-corrected chi connectivity index (χ2v) is 5.54. The summed E-state index contributed by atoms with van der Waals surface area (Å²) < 4.78 is 11.2. The molecular weight excluding hydrogens is 292 g/mol. The summed E-state index contributed by atoms with van der Waals surface area (Å²) in [5.41, 5.74) is 0.730. The van der Waals surface area contributed by atoms with Crippen molar-refractivity contribution in [3.8, 4) is 11.5 Å². The number of hydrogen-bond acceptors (Lipinski definition) is 4. The number of nitrogens with one attached hydrogen (secondary N) is 1. The van der Waals surface area contributed by atoms with Gasteiger partial charge in [0.2, 0.25) is 5.91 Å². The summed E-state index contributed by atoms with van der Waals surface area (Å²) in [6.07, 6.45) is 0.815. The number of benzene rings is 1. The summed E-state index contributed by atoms with van der Waals surface area (Å²) in [4.78, 5) is 14.3. The molecule has 0 spiro atoms. The molecule has 1 aromatic rings. The number of anilines is 1. The first kappa shape index (κ1) is 19.3. The smallest absolute Gasteiger partial charge is 0.227 e. The molecule has 1 aromatic carbocycles. The number of likely N-dealkylation sites (N-methyl/N-ethyl adjacent to an activating group) is 1. The topological polar surface area (TPSA) is 50.8 Å². The molecule has 0 fully saturated rings. The Labute approximate surface area is 140 Å². The number of carbonyl (C=O) groups excluding carboxylic acids is 1. The van der Waals surface area contributed by atoms with E-state index >= 15 is 0 Å². The van der Waals surface area contributed by atoms with Gasteiger partial charge in [0.25, 0.3) is 0 Å². The number of amides is 1. The molecule has 0 aliphatic rings. The normalized spacial score (nSPS) is 12.1. The zero-order chi connectivity index (χ0) is 17.2. The molecule has 0 aliphatic heterocycles. The lowest BCUT2D eigenvalue weighted by Gasteiger charge is -2.19. The van der Waals surface area contributed by atoms with E-state index in [1.807, 2.05) is 32.0 Å². The zero-order valence-corrected chi connectivity index (χ0v) is 15.0. The lowest BCUT2D eigenvalue weighted by Crippen LogP contribution is -2.28. The molecule has 0 radical (unpaired) electrons. The minimum atomic E-state index is -0.0101. The Hall–Kier alpha value is -1.75. The molecule has 1 amide bonds. The fourth-order valence-corrected chi connectivity index (χ4v) is 2.14. The van der Waals surface area contributed by atoms with Crippen LogP contribution in [0.25, 0.3) is 0 Å². The Morgan fingerprint density at radius 1 is 1.22 bits per heavy atom. The molecule has 5 heteroatoms. The van der Waals surface area contributed by atoms with Crippen LogP contribution in [-0.2, 0) is 4.79 Å². The average molecular weight is 322 g/mol. The predicted octanol–water partition coefficient (Wildman–Crippen LogP) is 3.40. The molecule has 0 bridgehead atoms. The lowest BCUT2D eigenvalue weighted by atomic mass is 10.1. The summed E-state index contributed by atoms with van der Waals surface area (Å²) in [5, 5.41) is 2.92. The minimum absolute atomic E-state index is 0.0101. The summed E-state index contributed by atoms with van der Waals surface area (Å²) in [7, 11) is 1.62. The third-order valence-electron chi connectivity index (χ3n) is 4.05. The molecular formula is C18H30N2O3. The van der Waals surface area contributed by atoms with Gasteiger partial charge in [0.15, 0.2) is 11.5 Å². The van der Waals surface area contributed by atoms with Crippen LogP contribution in [0.4, 0.5) is 5.69 Å². The maximum Gasteiger partial charge on any atom is 0.227 e. The predicted molar refractivity (Wildman–Crippen MR) is 94.4 cm³/mol. The highest BCUT2D eigenvalue weighted by Gasteiger charge is 2.12. The van der Waals surface area contributed by atoms with E-state index < -0.39 is 0 Å². The molecule has 1 N–H and O–H groups in total. The molecule has 0 saturated carbocycles. The fourth-order valence-electron chi connectivity index (χ4n) is 2.14. The van der Waals surface area contributed by atoms with Gasteiger partial charge in [-0.2, -0.15) is 0 Å². The van der Waals surface area contributed by atoms with Crippen molar-refractivity contribution in [1.29, 1.82) is 0 Å². The maximum absolute atomic E-state index is 12.0. The number of nitrogens with zero attached hydrogens (tertiary/aromatic N) is 1. The number of methoxy groups -OCH3 is 1. The SMILES string of the molecule is CCC(C)C(=O)Nc1ccc(OC)c(OCCN(CC)CC)c1. The molecule has 1 unspecified atom stereocenters. The Morgan fingerprint density at radius 2 is 1.91 bits per heavy atom. The van der Waals surface area contributed by atoms with Gasteiger partial charge < -0.3 is 19.7 Å². The first-order valence-corrected chi connectivity index (χ1v) is 8.39. The summed E-state index contributed by atoms with van der Waals surface area (Å²) in [6, 6.07) is 5.47. The van der Waals surface area contributed by atoms with E-state index in [2.05, 4.69) is 24.1 Å². The van der Waals surface area contributed by atoms with Crippen LogP contribution >= 0.6 is 0 Å². The van der Waals surface area contributed by atoms with Crippen molar-refractivity contribution in [3.63, 3.8) is 0 Å². The standard InChI is InChI=1S/C18H30N2O3/c1-6-14(4)18(21)19-15-9-10-16(22-5)17(13-15)23-12-11-20(7-2)8-3/h9-10,13-14H,6-8,11-12H2,1-5H3,(H,19,21). The van der Waals surface area contributed by atoms with Crippen LogP contribution < -0.4 is 14.8 Å². The molecule has 5 nitrogen and oxygen atoms in total. The van der Waals surface area contributed by atoms with Crippen molar-refractivity contribution in [1.82, 2.24) is 4.90 Å². The molecule has 0 aliphatic carbocycles. The quantitative estimate of drug-likeness (QED) is 0.717. The Bertz CT molecular complexity index is 487. The van der Waals surface area contributed by atoms with Gasteiger partial charge in [-0.1, -0.05) is 27.7 Å². The van der Waals surface area contributed by atoms with Crippen LogP contribution in [0.3, 0.4) is 0 Å². The average Bonchev–Trinajstić information content (AvgIpc) is 2.58. The monoisotopic (exact) mass is 322 g/mol. The van der Waals surface area contributed by atoms with Crippen LogP contribution in [0.1, 0.15) is 34.1 Å². The van der Waals surface area contributed by atoms with Crippen LogP contribution in [0.5, 0.6) is 11.5 Å². The van der Waals surface area contributed by atoms with E-state index in [1.54, 1.807) is 7.11 Å². The molecule has 1 rings (SSSR count). The van der Waals surface area contributed by atoms with Crippen molar-refractivity contribution in [2.75, 3.05) is 38.7 Å². The molecule has 0 aromatic heterocycles. The van der Waals surface area contributed by atoms with Crippen molar-refractivity contribution in [3.05, 3.63) is 18.2 Å². The van der Waals surface area contributed by atoms with Crippen molar-refractivity contribution < 1.29 is 14.3 Å². The van der Waals surface area contributed by atoms with E-state index in [0.717, 1.165) is 31.7 Å². The second kappa shape index (κ2) is 10.1. The number of ether oxygens (including phenoxy) is 2. The van der Waals surface area contributed by atoms with E-state index in [0.29, 0.717) is 18.1 Å². The number of carbonyl (C=O) groups is 1. The highest BCUT2D eigenvalue weighted by molar-refractivity contribution is 5.92. The molecule has 130 valence electrons. The number of hydrogen-bond donors (Lipinski definition) is 1. The first-order chi connectivity index (χ1) is 11.0. The van der Waals surface area contributed by atoms with E-state index in [1.165, 1.54) is 0 Å². The van der Waals surface area contributed by atoms with Gasteiger partial charge in [-0.3, -0.25) is 4.79 Å². The van der Waals surface area contributed by atoms with Crippen molar-refractivity contribution in [2.24, 2.45) is 5.92 Å². The Morgan fingerprint density at radius 3 is 2.48 bits per heavy atom. The van der Waals surface area contributed by atoms with Crippen molar-refractivity contribution >= 4 is 11.6 Å². The van der Waals surface area contributed by atoms with Crippen LogP contribution in [0.15, 0.2) is 18.2 Å². The fraction of sp³-hybridized carbons (Fsp3) is 0.611. The maximum atomic E-state index is 12.0. The Kier molecular flexibility index (Phi) is 8.48. The van der Waals surface area contributed by atoms with Gasteiger partial charge in [0, 0.05) is 24.2 Å². The van der Waals surface area contributed by atoms with Gasteiger partial charge in [0.05, 0.1) is 7.11 Å². The summed E-state index contributed by atoms with van der Waals surface area (Å²) in [6.45, 7) is 11.6. The molecule has 1 atom stereocenters. The Balaban J connectivity index is 2.73. The highest BCUT2D eigenvalue weighted by Crippen LogP contribution is 2.30. The minimum Gasteiger partial charge on any atom is -0.493 e. The second-order valence-electron chi connectivity index (χ2n) is 5.54. The molecule has 23 heavy (non-hydrogen) atoms. The number of rotatable bonds is 10. The van der Waals surface area contributed by atoms with Gasteiger partial charge in [-0.05, 0) is 31.6 Å². The van der Waals surface area contributed by atoms with Gasteiger partial charge in [-0.25, -0.2) is 0 Å². The van der Waals surface area contributed by atoms with Crippen LogP contribution in [-0.4, -0.2) is 44.2 Å². The van der Waals surface area contributed by atoms with Crippen molar-refractivity contribution in [2.45, 2.75) is 34.1 Å². The van der Waals surface area contributed by atoms with Crippen LogP contribution in [0, 0.1) is 5.92 Å². The van der Waals surface area contributed by atoms with E-state index in [4.69, 9.17) is 9.47 Å².